The molecule has 2 aromatic carbocycles. The van der Waals surface area contributed by atoms with Crippen LogP contribution in [0.5, 0.6) is 5.75 Å². The lowest BCUT2D eigenvalue weighted by Crippen LogP contribution is -2.23. The van der Waals surface area contributed by atoms with E-state index in [1.165, 1.54) is 7.11 Å². The van der Waals surface area contributed by atoms with E-state index in [2.05, 4.69) is 4.72 Å². The summed E-state index contributed by atoms with van der Waals surface area (Å²) >= 11 is 0. The fourth-order valence-electron chi connectivity index (χ4n) is 2.83. The molecule has 0 aliphatic carbocycles. The van der Waals surface area contributed by atoms with Crippen LogP contribution in [0.4, 0.5) is 11.4 Å². The highest BCUT2D eigenvalue weighted by molar-refractivity contribution is 7.92. The number of hydrogen-bond donors (Lipinski definition) is 1. The second-order valence-electron chi connectivity index (χ2n) is 5.96. The molecule has 0 radical (unpaired) electrons. The summed E-state index contributed by atoms with van der Waals surface area (Å²) < 4.78 is 33.1. The van der Waals surface area contributed by atoms with Crippen LogP contribution in [0.15, 0.2) is 47.4 Å². The number of nitrogens with zero attached hydrogens (tertiary/aromatic N) is 1. The molecule has 6 nitrogen and oxygen atoms in total. The van der Waals surface area contributed by atoms with Crippen molar-refractivity contribution in [2.24, 2.45) is 0 Å². The molecule has 3 rings (SSSR count). The van der Waals surface area contributed by atoms with E-state index in [1.807, 2.05) is 6.92 Å². The van der Waals surface area contributed by atoms with Gasteiger partial charge in [-0.25, -0.2) is 8.42 Å². The first-order valence-corrected chi connectivity index (χ1v) is 9.47. The van der Waals surface area contributed by atoms with Crippen molar-refractivity contribution in [3.63, 3.8) is 0 Å². The lowest BCUT2D eigenvalue weighted by molar-refractivity contribution is -0.117. The predicted molar refractivity (Wildman–Crippen MR) is 96.6 cm³/mol. The molecule has 1 fully saturated rings. The first-order valence-electron chi connectivity index (χ1n) is 7.98. The van der Waals surface area contributed by atoms with E-state index in [0.29, 0.717) is 18.7 Å². The first kappa shape index (κ1) is 17.3. The molecule has 1 saturated heterocycles. The normalized spacial score (nSPS) is 14.6. The Morgan fingerprint density at radius 2 is 1.84 bits per heavy atom. The number of benzene rings is 2. The number of methoxy groups -OCH3 is 1. The number of amides is 1. The van der Waals surface area contributed by atoms with Crippen molar-refractivity contribution < 1.29 is 17.9 Å². The van der Waals surface area contributed by atoms with Crippen LogP contribution in [0.3, 0.4) is 0 Å². The Kier molecular flexibility index (Phi) is 4.67. The predicted octanol–water partition coefficient (Wildman–Crippen LogP) is 2.93. The summed E-state index contributed by atoms with van der Waals surface area (Å²) in [5.41, 5.74) is 2.03. The first-order chi connectivity index (χ1) is 11.9. The maximum atomic E-state index is 12.7. The Morgan fingerprint density at radius 1 is 1.12 bits per heavy atom. The molecule has 0 aromatic heterocycles. The quantitative estimate of drug-likeness (QED) is 0.889. The Morgan fingerprint density at radius 3 is 2.44 bits per heavy atom. The molecule has 0 unspecified atom stereocenters. The zero-order valence-electron chi connectivity index (χ0n) is 14.2. The topological polar surface area (TPSA) is 75.7 Å². The number of hydrogen-bond acceptors (Lipinski definition) is 4. The summed E-state index contributed by atoms with van der Waals surface area (Å²) in [5, 5.41) is 0. The van der Waals surface area contributed by atoms with Crippen LogP contribution in [-0.4, -0.2) is 28.0 Å². The molecular weight excluding hydrogens is 340 g/mol. The van der Waals surface area contributed by atoms with Gasteiger partial charge in [0.15, 0.2) is 0 Å². The van der Waals surface area contributed by atoms with E-state index in [4.69, 9.17) is 4.74 Å². The van der Waals surface area contributed by atoms with Gasteiger partial charge in [-0.3, -0.25) is 9.52 Å². The lowest BCUT2D eigenvalue weighted by Gasteiger charge is -2.16. The van der Waals surface area contributed by atoms with Crippen LogP contribution in [0.2, 0.25) is 0 Å². The average Bonchev–Trinajstić information content (AvgIpc) is 3.01. The van der Waals surface area contributed by atoms with Crippen LogP contribution in [0.25, 0.3) is 0 Å². The molecule has 132 valence electrons. The molecule has 0 atom stereocenters. The van der Waals surface area contributed by atoms with Crippen molar-refractivity contribution >= 4 is 27.3 Å². The van der Waals surface area contributed by atoms with E-state index < -0.39 is 10.0 Å². The van der Waals surface area contributed by atoms with E-state index in [9.17, 15) is 13.2 Å². The molecule has 25 heavy (non-hydrogen) atoms. The summed E-state index contributed by atoms with van der Waals surface area (Å²) in [6, 6.07) is 11.8. The molecule has 2 aromatic rings. The van der Waals surface area contributed by atoms with Crippen LogP contribution in [0.1, 0.15) is 18.4 Å². The van der Waals surface area contributed by atoms with Crippen molar-refractivity contribution in [2.75, 3.05) is 23.3 Å². The second kappa shape index (κ2) is 6.76. The van der Waals surface area contributed by atoms with Gasteiger partial charge in [0.2, 0.25) is 5.91 Å². The van der Waals surface area contributed by atoms with Gasteiger partial charge in [-0.2, -0.15) is 0 Å². The minimum atomic E-state index is -3.78. The highest BCUT2D eigenvalue weighted by Crippen LogP contribution is 2.28. The molecule has 7 heteroatoms. The fourth-order valence-corrected chi connectivity index (χ4v) is 4.15. The van der Waals surface area contributed by atoms with Crippen molar-refractivity contribution in [3.05, 3.63) is 48.0 Å². The third kappa shape index (κ3) is 3.61. The van der Waals surface area contributed by atoms with Crippen LogP contribution in [0, 0.1) is 6.92 Å². The largest absolute Gasteiger partial charge is 0.495 e. The Labute approximate surface area is 147 Å². The molecule has 0 saturated carbocycles. The van der Waals surface area contributed by atoms with Gasteiger partial charge in [0.1, 0.15) is 10.6 Å². The molecule has 1 heterocycles. The molecule has 0 bridgehead atoms. The van der Waals surface area contributed by atoms with Gasteiger partial charge < -0.3 is 9.64 Å². The lowest BCUT2D eigenvalue weighted by atomic mass is 10.2. The van der Waals surface area contributed by atoms with Crippen LogP contribution < -0.4 is 14.4 Å². The van der Waals surface area contributed by atoms with E-state index in [1.54, 1.807) is 47.4 Å². The Balaban J connectivity index is 1.84. The van der Waals surface area contributed by atoms with Gasteiger partial charge in [0.25, 0.3) is 10.0 Å². The summed E-state index contributed by atoms with van der Waals surface area (Å²) in [7, 11) is -2.34. The van der Waals surface area contributed by atoms with Crippen LogP contribution in [-0.2, 0) is 14.8 Å². The van der Waals surface area contributed by atoms with Crippen molar-refractivity contribution in [3.8, 4) is 5.75 Å². The van der Waals surface area contributed by atoms with E-state index in [-0.39, 0.29) is 16.6 Å². The van der Waals surface area contributed by atoms with Crippen molar-refractivity contribution in [2.45, 2.75) is 24.7 Å². The summed E-state index contributed by atoms with van der Waals surface area (Å²) in [6.07, 6.45) is 1.40. The molecule has 1 aliphatic heterocycles. The van der Waals surface area contributed by atoms with E-state index >= 15 is 0 Å². The number of rotatable bonds is 5. The zero-order valence-corrected chi connectivity index (χ0v) is 15.0. The molecule has 1 aliphatic rings. The highest BCUT2D eigenvalue weighted by atomic mass is 32.2. The maximum absolute atomic E-state index is 12.7. The number of ether oxygens (including phenoxy) is 1. The Bertz CT molecular complexity index is 892. The third-order valence-corrected chi connectivity index (χ3v) is 5.52. The van der Waals surface area contributed by atoms with Gasteiger partial charge in [-0.05, 0) is 55.3 Å². The monoisotopic (exact) mass is 360 g/mol. The third-order valence-electron chi connectivity index (χ3n) is 4.11. The number of carbonyl (C=O) groups is 1. The summed E-state index contributed by atoms with van der Waals surface area (Å²) in [4.78, 5) is 13.6. The van der Waals surface area contributed by atoms with Crippen LogP contribution >= 0.6 is 0 Å². The smallest absolute Gasteiger partial charge is 0.265 e. The van der Waals surface area contributed by atoms with Gasteiger partial charge in [-0.15, -0.1) is 0 Å². The molecule has 0 spiro atoms. The number of anilines is 2. The van der Waals surface area contributed by atoms with Gasteiger partial charge in [0, 0.05) is 24.3 Å². The Hall–Kier alpha value is -2.54. The molecule has 1 amide bonds. The van der Waals surface area contributed by atoms with Crippen molar-refractivity contribution in [1.29, 1.82) is 0 Å². The van der Waals surface area contributed by atoms with Gasteiger partial charge in [0.05, 0.1) is 7.11 Å². The average molecular weight is 360 g/mol. The van der Waals surface area contributed by atoms with Crippen molar-refractivity contribution in [1.82, 2.24) is 0 Å². The summed E-state index contributed by atoms with van der Waals surface area (Å²) in [6.45, 7) is 2.52. The molecule has 1 N–H and O–H groups in total. The van der Waals surface area contributed by atoms with E-state index in [0.717, 1.165) is 17.7 Å². The number of aryl methyl sites for hydroxylation is 1. The summed E-state index contributed by atoms with van der Waals surface area (Å²) in [5.74, 6) is 0.384. The second-order valence-corrected chi connectivity index (χ2v) is 7.61. The maximum Gasteiger partial charge on any atom is 0.265 e. The number of nitrogens with one attached hydrogen (secondary N) is 1. The SMILES string of the molecule is COc1ccc(C)cc1S(=O)(=O)Nc1ccc(N2CCCC2=O)cc1. The number of carbonyl (C=O) groups excluding carboxylic acids is 1. The fraction of sp³-hybridized carbons (Fsp3) is 0.278. The van der Waals surface area contributed by atoms with Gasteiger partial charge in [-0.1, -0.05) is 6.07 Å². The minimum Gasteiger partial charge on any atom is -0.495 e. The molecular formula is C18H20N2O4S. The number of sulfonamides is 1. The standard InChI is InChI=1S/C18H20N2O4S/c1-13-5-10-16(24-2)17(12-13)25(22,23)19-14-6-8-15(9-7-14)20-11-3-4-18(20)21/h5-10,12,19H,3-4,11H2,1-2H3. The minimum absolute atomic E-state index is 0.0915. The highest BCUT2D eigenvalue weighted by Gasteiger charge is 2.22. The zero-order chi connectivity index (χ0) is 18.0. The van der Waals surface area contributed by atoms with Gasteiger partial charge >= 0.3 is 0 Å².